The first-order valence-electron chi connectivity index (χ1n) is 7.42. The van der Waals surface area contributed by atoms with E-state index in [2.05, 4.69) is 29.6 Å². The molecule has 0 amide bonds. The molecule has 1 aliphatic rings. The first-order valence-corrected chi connectivity index (χ1v) is 7.42. The monoisotopic (exact) mass is 288 g/mol. The smallest absolute Gasteiger partial charge is 0.252 e. The van der Waals surface area contributed by atoms with Gasteiger partial charge in [0.25, 0.3) is 5.56 Å². The molecule has 0 bridgehead atoms. The van der Waals surface area contributed by atoms with Crippen molar-refractivity contribution in [3.8, 4) is 0 Å². The quantitative estimate of drug-likeness (QED) is 0.781. The zero-order chi connectivity index (χ0) is 14.9. The highest BCUT2D eigenvalue weighted by atomic mass is 16.1. The second-order valence-electron chi connectivity index (χ2n) is 5.51. The van der Waals surface area contributed by atoms with Crippen LogP contribution in [0.25, 0.3) is 0 Å². The van der Waals surface area contributed by atoms with Crippen LogP contribution in [0.4, 0.5) is 5.82 Å². The third kappa shape index (κ3) is 2.02. The maximum atomic E-state index is 12.4. The van der Waals surface area contributed by atoms with Crippen molar-refractivity contribution < 1.29 is 0 Å². The lowest BCUT2D eigenvalue weighted by atomic mass is 9.94. The van der Waals surface area contributed by atoms with Gasteiger partial charge in [0.2, 0.25) is 0 Å². The molecule has 3 nitrogen and oxygen atoms in total. The standard InChI is InChI=1S/C19H16N2O/c22-17-13-7-12-16-20-18(14-8-3-1-4-9-14)19(21(16)17)15-10-5-2-6-11-15/h1-13,18-20H/t18-,19+/m1/s1. The molecule has 22 heavy (non-hydrogen) atoms. The Morgan fingerprint density at radius 3 is 2.05 bits per heavy atom. The van der Waals surface area contributed by atoms with Crippen LogP contribution in [-0.4, -0.2) is 4.57 Å². The van der Waals surface area contributed by atoms with Gasteiger partial charge in [-0.3, -0.25) is 9.36 Å². The number of hydrogen-bond acceptors (Lipinski definition) is 2. The Kier molecular flexibility index (Phi) is 3.04. The number of rotatable bonds is 2. The molecule has 2 heterocycles. The summed E-state index contributed by atoms with van der Waals surface area (Å²) in [6.07, 6.45) is 0. The molecule has 3 heteroatoms. The zero-order valence-electron chi connectivity index (χ0n) is 12.0. The van der Waals surface area contributed by atoms with Gasteiger partial charge in [0, 0.05) is 6.07 Å². The lowest BCUT2D eigenvalue weighted by Crippen LogP contribution is -2.23. The minimum atomic E-state index is -0.0349. The van der Waals surface area contributed by atoms with Crippen molar-refractivity contribution in [2.75, 3.05) is 5.32 Å². The van der Waals surface area contributed by atoms with Crippen LogP contribution in [0.5, 0.6) is 0 Å². The van der Waals surface area contributed by atoms with Crippen LogP contribution in [-0.2, 0) is 0 Å². The van der Waals surface area contributed by atoms with Gasteiger partial charge < -0.3 is 5.32 Å². The predicted octanol–water partition coefficient (Wildman–Crippen LogP) is 3.60. The van der Waals surface area contributed by atoms with Crippen LogP contribution < -0.4 is 10.9 Å². The minimum Gasteiger partial charge on any atom is -0.362 e. The maximum absolute atomic E-state index is 12.4. The molecule has 0 fully saturated rings. The molecule has 0 saturated carbocycles. The van der Waals surface area contributed by atoms with E-state index in [9.17, 15) is 4.79 Å². The highest BCUT2D eigenvalue weighted by molar-refractivity contribution is 5.48. The molecule has 0 aliphatic carbocycles. The predicted molar refractivity (Wildman–Crippen MR) is 88.1 cm³/mol. The van der Waals surface area contributed by atoms with Crippen molar-refractivity contribution in [2.24, 2.45) is 0 Å². The minimum absolute atomic E-state index is 0.0253. The Morgan fingerprint density at radius 1 is 0.727 bits per heavy atom. The molecule has 1 N–H and O–H groups in total. The summed E-state index contributed by atoms with van der Waals surface area (Å²) in [4.78, 5) is 12.4. The van der Waals surface area contributed by atoms with Gasteiger partial charge in [-0.25, -0.2) is 0 Å². The van der Waals surface area contributed by atoms with E-state index in [1.54, 1.807) is 12.1 Å². The van der Waals surface area contributed by atoms with E-state index < -0.39 is 0 Å². The van der Waals surface area contributed by atoms with E-state index in [0.717, 1.165) is 11.4 Å². The number of nitrogens with zero attached hydrogens (tertiary/aromatic N) is 1. The molecule has 1 aromatic heterocycles. The Hall–Kier alpha value is -2.81. The van der Waals surface area contributed by atoms with Crippen LogP contribution >= 0.6 is 0 Å². The van der Waals surface area contributed by atoms with E-state index in [-0.39, 0.29) is 17.6 Å². The van der Waals surface area contributed by atoms with Crippen LogP contribution in [0.1, 0.15) is 23.2 Å². The van der Waals surface area contributed by atoms with Gasteiger partial charge in [-0.15, -0.1) is 0 Å². The Labute approximate surface area is 128 Å². The van der Waals surface area contributed by atoms with Gasteiger partial charge in [-0.1, -0.05) is 66.7 Å². The third-order valence-corrected chi connectivity index (χ3v) is 4.19. The Bertz CT molecular complexity index is 840. The molecule has 0 spiro atoms. The number of fused-ring (bicyclic) bond motifs is 1. The average Bonchev–Trinajstić information content (AvgIpc) is 2.97. The number of pyridine rings is 1. The van der Waals surface area contributed by atoms with Gasteiger partial charge in [-0.05, 0) is 17.2 Å². The van der Waals surface area contributed by atoms with E-state index in [1.807, 2.05) is 47.0 Å². The van der Waals surface area contributed by atoms with Gasteiger partial charge in [-0.2, -0.15) is 0 Å². The van der Waals surface area contributed by atoms with Crippen LogP contribution in [0, 0.1) is 0 Å². The first kappa shape index (κ1) is 12.9. The topological polar surface area (TPSA) is 34.0 Å². The molecular weight excluding hydrogens is 272 g/mol. The van der Waals surface area contributed by atoms with Crippen LogP contribution in [0.15, 0.2) is 83.7 Å². The van der Waals surface area contributed by atoms with Crippen molar-refractivity contribution in [3.05, 3.63) is 100 Å². The summed E-state index contributed by atoms with van der Waals surface area (Å²) < 4.78 is 1.85. The maximum Gasteiger partial charge on any atom is 0.252 e. The summed E-state index contributed by atoms with van der Waals surface area (Å²) in [6, 6.07) is 25.9. The second kappa shape index (κ2) is 5.19. The lowest BCUT2D eigenvalue weighted by Gasteiger charge is -2.21. The largest absolute Gasteiger partial charge is 0.362 e. The zero-order valence-corrected chi connectivity index (χ0v) is 12.0. The number of hydrogen-bond donors (Lipinski definition) is 1. The highest BCUT2D eigenvalue weighted by Crippen LogP contribution is 2.40. The third-order valence-electron chi connectivity index (χ3n) is 4.19. The van der Waals surface area contributed by atoms with Crippen LogP contribution in [0.3, 0.4) is 0 Å². The summed E-state index contributed by atoms with van der Waals surface area (Å²) in [5.74, 6) is 0.871. The summed E-state index contributed by atoms with van der Waals surface area (Å²) in [5.41, 5.74) is 2.34. The van der Waals surface area contributed by atoms with E-state index >= 15 is 0 Å². The molecule has 108 valence electrons. The van der Waals surface area contributed by atoms with Gasteiger partial charge in [0.15, 0.2) is 0 Å². The van der Waals surface area contributed by atoms with Crippen molar-refractivity contribution >= 4 is 5.82 Å². The van der Waals surface area contributed by atoms with Gasteiger partial charge in [0.05, 0.1) is 12.1 Å². The second-order valence-corrected chi connectivity index (χ2v) is 5.51. The molecule has 1 aliphatic heterocycles. The van der Waals surface area contributed by atoms with E-state index in [4.69, 9.17) is 0 Å². The number of anilines is 1. The molecule has 0 radical (unpaired) electrons. The fraction of sp³-hybridized carbons (Fsp3) is 0.105. The molecule has 0 saturated heterocycles. The number of aromatic nitrogens is 1. The van der Waals surface area contributed by atoms with Crippen molar-refractivity contribution in [3.63, 3.8) is 0 Å². The van der Waals surface area contributed by atoms with E-state index in [1.165, 1.54) is 5.56 Å². The Balaban J connectivity index is 1.91. The summed E-state index contributed by atoms with van der Waals surface area (Å²) >= 11 is 0. The molecule has 3 aromatic rings. The summed E-state index contributed by atoms with van der Waals surface area (Å²) in [6.45, 7) is 0. The normalized spacial score (nSPS) is 19.5. The van der Waals surface area contributed by atoms with Gasteiger partial charge >= 0.3 is 0 Å². The average molecular weight is 288 g/mol. The molecule has 0 unspecified atom stereocenters. The van der Waals surface area contributed by atoms with Crippen molar-refractivity contribution in [2.45, 2.75) is 12.1 Å². The first-order chi connectivity index (χ1) is 10.8. The van der Waals surface area contributed by atoms with Crippen LogP contribution in [0.2, 0.25) is 0 Å². The fourth-order valence-electron chi connectivity index (χ4n) is 3.21. The Morgan fingerprint density at radius 2 is 1.36 bits per heavy atom. The number of benzene rings is 2. The molecule has 2 aromatic carbocycles. The van der Waals surface area contributed by atoms with Gasteiger partial charge in [0.1, 0.15) is 5.82 Å². The molecular formula is C19H16N2O. The molecule has 4 rings (SSSR count). The van der Waals surface area contributed by atoms with Crippen molar-refractivity contribution in [1.82, 2.24) is 4.57 Å². The fourth-order valence-corrected chi connectivity index (χ4v) is 3.21. The SMILES string of the molecule is O=c1cccc2n1[C@@H](c1ccccc1)[C@@H](c1ccccc1)N2. The summed E-state index contributed by atoms with van der Waals surface area (Å²) in [7, 11) is 0. The van der Waals surface area contributed by atoms with Crippen molar-refractivity contribution in [1.29, 1.82) is 0 Å². The number of nitrogens with one attached hydrogen (secondary N) is 1. The molecule has 2 atom stereocenters. The lowest BCUT2D eigenvalue weighted by molar-refractivity contribution is 0.556. The van der Waals surface area contributed by atoms with E-state index in [0.29, 0.717) is 0 Å². The highest BCUT2D eigenvalue weighted by Gasteiger charge is 2.34. The summed E-state index contributed by atoms with van der Waals surface area (Å²) in [5, 5.41) is 3.50.